The van der Waals surface area contributed by atoms with Crippen molar-refractivity contribution in [3.05, 3.63) is 35.5 Å². The molecular formula is C16H20N2O2. The van der Waals surface area contributed by atoms with Gasteiger partial charge in [-0.25, -0.2) is 0 Å². The van der Waals surface area contributed by atoms with E-state index >= 15 is 0 Å². The standard InChI is InChI=1S/C16H20N2O2/c1-11-5-3-7-14-13(11)9-15(18(14)2)16(19)17-10-12-6-4-8-20-12/h3,5,7,9,12H,4,6,8,10H2,1-2H3,(H,17,19). The van der Waals surface area contributed by atoms with Crippen LogP contribution < -0.4 is 5.32 Å². The van der Waals surface area contributed by atoms with Crippen LogP contribution in [0.2, 0.25) is 0 Å². The number of amides is 1. The minimum Gasteiger partial charge on any atom is -0.376 e. The zero-order valence-electron chi connectivity index (χ0n) is 12.0. The van der Waals surface area contributed by atoms with Gasteiger partial charge in [-0.1, -0.05) is 12.1 Å². The molecule has 1 amide bonds. The molecule has 1 atom stereocenters. The third kappa shape index (κ3) is 2.31. The Labute approximate surface area is 118 Å². The highest BCUT2D eigenvalue weighted by Crippen LogP contribution is 2.22. The molecule has 3 rings (SSSR count). The van der Waals surface area contributed by atoms with E-state index in [9.17, 15) is 4.79 Å². The van der Waals surface area contributed by atoms with E-state index in [4.69, 9.17) is 4.74 Å². The van der Waals surface area contributed by atoms with Crippen LogP contribution in [0.3, 0.4) is 0 Å². The van der Waals surface area contributed by atoms with Gasteiger partial charge in [0, 0.05) is 31.1 Å². The third-order valence-electron chi connectivity index (χ3n) is 4.05. The SMILES string of the molecule is Cc1cccc2c1cc(C(=O)NCC1CCCO1)n2C. The van der Waals surface area contributed by atoms with Crippen molar-refractivity contribution in [2.24, 2.45) is 7.05 Å². The Morgan fingerprint density at radius 3 is 3.05 bits per heavy atom. The van der Waals surface area contributed by atoms with Crippen LogP contribution in [0.1, 0.15) is 28.9 Å². The lowest BCUT2D eigenvalue weighted by atomic mass is 10.1. The van der Waals surface area contributed by atoms with Crippen molar-refractivity contribution >= 4 is 16.8 Å². The maximum atomic E-state index is 12.3. The lowest BCUT2D eigenvalue weighted by molar-refractivity contribution is 0.0851. The lowest BCUT2D eigenvalue weighted by Gasteiger charge is -2.11. The van der Waals surface area contributed by atoms with E-state index in [1.54, 1.807) is 0 Å². The van der Waals surface area contributed by atoms with Crippen LogP contribution >= 0.6 is 0 Å². The molecule has 0 bridgehead atoms. The highest BCUT2D eigenvalue weighted by atomic mass is 16.5. The first-order valence-electron chi connectivity index (χ1n) is 7.11. The number of ether oxygens (including phenoxy) is 1. The van der Waals surface area contributed by atoms with E-state index in [2.05, 4.69) is 18.3 Å². The van der Waals surface area contributed by atoms with Gasteiger partial charge in [0.1, 0.15) is 5.69 Å². The lowest BCUT2D eigenvalue weighted by Crippen LogP contribution is -2.32. The number of carbonyl (C=O) groups is 1. The van der Waals surface area contributed by atoms with Crippen LogP contribution in [0.5, 0.6) is 0 Å². The highest BCUT2D eigenvalue weighted by molar-refractivity contribution is 5.99. The number of aromatic nitrogens is 1. The normalized spacial score (nSPS) is 18.6. The largest absolute Gasteiger partial charge is 0.376 e. The van der Waals surface area contributed by atoms with Crippen molar-refractivity contribution < 1.29 is 9.53 Å². The molecule has 1 aliphatic heterocycles. The van der Waals surface area contributed by atoms with Crippen molar-refractivity contribution in [3.8, 4) is 0 Å². The Bertz CT molecular complexity index is 639. The average Bonchev–Trinajstić information content (AvgIpc) is 3.06. The van der Waals surface area contributed by atoms with Crippen LogP contribution in [-0.2, 0) is 11.8 Å². The highest BCUT2D eigenvalue weighted by Gasteiger charge is 2.18. The molecule has 2 aromatic rings. The molecule has 4 heteroatoms. The topological polar surface area (TPSA) is 43.3 Å². The second kappa shape index (κ2) is 5.29. The minimum atomic E-state index is -0.0291. The first-order chi connectivity index (χ1) is 9.66. The Balaban J connectivity index is 1.80. The van der Waals surface area contributed by atoms with E-state index in [1.807, 2.05) is 29.8 Å². The Morgan fingerprint density at radius 2 is 2.35 bits per heavy atom. The van der Waals surface area contributed by atoms with Gasteiger partial charge < -0.3 is 14.6 Å². The zero-order valence-corrected chi connectivity index (χ0v) is 12.0. The molecule has 1 aliphatic rings. The molecule has 0 aliphatic carbocycles. The molecule has 2 heterocycles. The average molecular weight is 272 g/mol. The van der Waals surface area contributed by atoms with Gasteiger partial charge in [0.15, 0.2) is 0 Å². The number of rotatable bonds is 3. The maximum Gasteiger partial charge on any atom is 0.268 e. The van der Waals surface area contributed by atoms with Crippen LogP contribution in [0.15, 0.2) is 24.3 Å². The fraction of sp³-hybridized carbons (Fsp3) is 0.438. The zero-order chi connectivity index (χ0) is 14.1. The summed E-state index contributed by atoms with van der Waals surface area (Å²) in [4.78, 5) is 12.3. The molecule has 1 unspecified atom stereocenters. The summed E-state index contributed by atoms with van der Waals surface area (Å²) in [5, 5.41) is 4.11. The molecule has 1 fully saturated rings. The summed E-state index contributed by atoms with van der Waals surface area (Å²) in [7, 11) is 1.93. The summed E-state index contributed by atoms with van der Waals surface area (Å²) in [5.74, 6) is -0.0291. The molecule has 4 nitrogen and oxygen atoms in total. The van der Waals surface area contributed by atoms with E-state index in [0.29, 0.717) is 12.2 Å². The van der Waals surface area contributed by atoms with Gasteiger partial charge in [0.2, 0.25) is 0 Å². The second-order valence-corrected chi connectivity index (χ2v) is 5.44. The summed E-state index contributed by atoms with van der Waals surface area (Å²) >= 11 is 0. The number of fused-ring (bicyclic) bond motifs is 1. The van der Waals surface area contributed by atoms with Crippen LogP contribution in [0.25, 0.3) is 10.9 Å². The molecule has 0 saturated carbocycles. The summed E-state index contributed by atoms with van der Waals surface area (Å²) in [6, 6.07) is 8.09. The maximum absolute atomic E-state index is 12.3. The van der Waals surface area contributed by atoms with Crippen LogP contribution in [-0.4, -0.2) is 29.7 Å². The van der Waals surface area contributed by atoms with Gasteiger partial charge >= 0.3 is 0 Å². The minimum absolute atomic E-state index is 0.0291. The first-order valence-corrected chi connectivity index (χ1v) is 7.11. The van der Waals surface area contributed by atoms with Gasteiger partial charge in [-0.3, -0.25) is 4.79 Å². The number of carbonyl (C=O) groups excluding carboxylic acids is 1. The van der Waals surface area contributed by atoms with Crippen molar-refractivity contribution in [2.45, 2.75) is 25.9 Å². The van der Waals surface area contributed by atoms with Crippen molar-refractivity contribution in [1.82, 2.24) is 9.88 Å². The summed E-state index contributed by atoms with van der Waals surface area (Å²) < 4.78 is 7.48. The second-order valence-electron chi connectivity index (χ2n) is 5.44. The number of hydrogen-bond acceptors (Lipinski definition) is 2. The number of aryl methyl sites for hydroxylation is 2. The summed E-state index contributed by atoms with van der Waals surface area (Å²) in [5.41, 5.74) is 2.98. The number of nitrogens with zero attached hydrogens (tertiary/aromatic N) is 1. The Hall–Kier alpha value is -1.81. The van der Waals surface area contributed by atoms with Crippen LogP contribution in [0, 0.1) is 6.92 Å². The van der Waals surface area contributed by atoms with Gasteiger partial charge in [0.05, 0.1) is 6.10 Å². The molecular weight excluding hydrogens is 252 g/mol. The predicted molar refractivity (Wildman–Crippen MR) is 79.0 cm³/mol. The fourth-order valence-electron chi connectivity index (χ4n) is 2.83. The van der Waals surface area contributed by atoms with Gasteiger partial charge in [-0.2, -0.15) is 0 Å². The molecule has 1 aromatic carbocycles. The summed E-state index contributed by atoms with van der Waals surface area (Å²) in [6.45, 7) is 3.48. The van der Waals surface area contributed by atoms with Crippen LogP contribution in [0.4, 0.5) is 0 Å². The summed E-state index contributed by atoms with van der Waals surface area (Å²) in [6.07, 6.45) is 2.30. The molecule has 1 saturated heterocycles. The van der Waals surface area contributed by atoms with Crippen molar-refractivity contribution in [3.63, 3.8) is 0 Å². The molecule has 1 aromatic heterocycles. The molecule has 0 spiro atoms. The Morgan fingerprint density at radius 1 is 1.50 bits per heavy atom. The van der Waals surface area contributed by atoms with E-state index in [0.717, 1.165) is 30.4 Å². The van der Waals surface area contributed by atoms with Crippen molar-refractivity contribution in [1.29, 1.82) is 0 Å². The number of benzene rings is 1. The molecule has 0 radical (unpaired) electrons. The van der Waals surface area contributed by atoms with E-state index < -0.39 is 0 Å². The third-order valence-corrected chi connectivity index (χ3v) is 4.05. The molecule has 106 valence electrons. The van der Waals surface area contributed by atoms with Crippen molar-refractivity contribution in [2.75, 3.05) is 13.2 Å². The number of nitrogens with one attached hydrogen (secondary N) is 1. The smallest absolute Gasteiger partial charge is 0.268 e. The molecule has 20 heavy (non-hydrogen) atoms. The number of hydrogen-bond donors (Lipinski definition) is 1. The van der Waals surface area contributed by atoms with E-state index in [1.165, 1.54) is 5.56 Å². The van der Waals surface area contributed by atoms with E-state index in [-0.39, 0.29) is 12.0 Å². The van der Waals surface area contributed by atoms with Gasteiger partial charge in [-0.05, 0) is 37.5 Å². The Kier molecular flexibility index (Phi) is 3.49. The quantitative estimate of drug-likeness (QED) is 0.932. The predicted octanol–water partition coefficient (Wildman–Crippen LogP) is 2.40. The van der Waals surface area contributed by atoms with Gasteiger partial charge in [-0.15, -0.1) is 0 Å². The fourth-order valence-corrected chi connectivity index (χ4v) is 2.83. The monoisotopic (exact) mass is 272 g/mol. The molecule has 1 N–H and O–H groups in total. The first kappa shape index (κ1) is 13.2. The van der Waals surface area contributed by atoms with Gasteiger partial charge in [0.25, 0.3) is 5.91 Å².